The van der Waals surface area contributed by atoms with Crippen LogP contribution in [-0.2, 0) is 6.61 Å². The lowest BCUT2D eigenvalue weighted by Crippen LogP contribution is -2.24. The molecule has 0 unspecified atom stereocenters. The molecule has 3 nitrogen and oxygen atoms in total. The van der Waals surface area contributed by atoms with Crippen LogP contribution in [0.2, 0.25) is 0 Å². The van der Waals surface area contributed by atoms with Crippen LogP contribution < -0.4 is 10.2 Å². The first-order valence-electron chi connectivity index (χ1n) is 6.50. The van der Waals surface area contributed by atoms with Gasteiger partial charge in [-0.25, -0.2) is 0 Å². The van der Waals surface area contributed by atoms with Crippen molar-refractivity contribution in [2.75, 3.05) is 30.4 Å². The van der Waals surface area contributed by atoms with E-state index < -0.39 is 0 Å². The first-order chi connectivity index (χ1) is 9.31. The Morgan fingerprint density at radius 3 is 2.42 bits per heavy atom. The summed E-state index contributed by atoms with van der Waals surface area (Å²) in [5.41, 5.74) is 3.15. The lowest BCUT2D eigenvalue weighted by molar-refractivity contribution is 0.282. The zero-order valence-corrected chi connectivity index (χ0v) is 11.2. The Balaban J connectivity index is 1.87. The van der Waals surface area contributed by atoms with Gasteiger partial charge in [0, 0.05) is 37.1 Å². The lowest BCUT2D eigenvalue weighted by Gasteiger charge is -2.20. The summed E-state index contributed by atoms with van der Waals surface area (Å²) in [5, 5.41) is 12.6. The smallest absolute Gasteiger partial charge is 0.0701 e. The van der Waals surface area contributed by atoms with Crippen molar-refractivity contribution >= 4 is 11.4 Å². The molecule has 0 saturated carbocycles. The number of benzene rings is 2. The topological polar surface area (TPSA) is 35.5 Å². The molecule has 19 heavy (non-hydrogen) atoms. The monoisotopic (exact) mass is 256 g/mol. The summed E-state index contributed by atoms with van der Waals surface area (Å²) in [6.45, 7) is 1.81. The van der Waals surface area contributed by atoms with Gasteiger partial charge in [0.1, 0.15) is 0 Å². The van der Waals surface area contributed by atoms with Crippen molar-refractivity contribution in [2.24, 2.45) is 0 Å². The Kier molecular flexibility index (Phi) is 4.81. The quantitative estimate of drug-likeness (QED) is 0.834. The molecule has 0 aromatic heterocycles. The number of aliphatic hydroxyl groups is 1. The fourth-order valence-electron chi connectivity index (χ4n) is 2.00. The third-order valence-electron chi connectivity index (χ3n) is 3.15. The minimum absolute atomic E-state index is 0.0672. The highest BCUT2D eigenvalue weighted by Crippen LogP contribution is 2.15. The lowest BCUT2D eigenvalue weighted by atomic mass is 10.2. The second-order valence-corrected chi connectivity index (χ2v) is 4.50. The highest BCUT2D eigenvalue weighted by molar-refractivity contribution is 5.51. The molecule has 0 spiro atoms. The van der Waals surface area contributed by atoms with Crippen molar-refractivity contribution in [2.45, 2.75) is 6.61 Å². The number of nitrogens with zero attached hydrogens (tertiary/aromatic N) is 1. The number of anilines is 2. The normalized spacial score (nSPS) is 10.2. The van der Waals surface area contributed by atoms with Gasteiger partial charge in [-0.3, -0.25) is 0 Å². The molecule has 0 atom stereocenters. The second-order valence-electron chi connectivity index (χ2n) is 4.50. The number of hydrogen-bond donors (Lipinski definition) is 2. The largest absolute Gasteiger partial charge is 0.392 e. The highest BCUT2D eigenvalue weighted by atomic mass is 16.3. The summed E-state index contributed by atoms with van der Waals surface area (Å²) < 4.78 is 0. The average Bonchev–Trinajstić information content (AvgIpc) is 2.48. The zero-order chi connectivity index (χ0) is 13.5. The van der Waals surface area contributed by atoms with Gasteiger partial charge in [-0.05, 0) is 18.2 Å². The van der Waals surface area contributed by atoms with Crippen LogP contribution >= 0.6 is 0 Å². The molecule has 2 aromatic rings. The number of aliphatic hydroxyl groups excluding tert-OH is 1. The molecule has 0 amide bonds. The Morgan fingerprint density at radius 1 is 1.00 bits per heavy atom. The standard InChI is InChI=1S/C16H20N2O/c1-18(15-8-3-2-4-9-15)12-11-17-16-10-6-5-7-14(16)13-19/h2-10,17,19H,11-13H2,1H3. The molecule has 0 bridgehead atoms. The predicted molar refractivity (Wildman–Crippen MR) is 80.6 cm³/mol. The van der Waals surface area contributed by atoms with Gasteiger partial charge in [0.15, 0.2) is 0 Å². The number of hydrogen-bond acceptors (Lipinski definition) is 3. The Labute approximate surface area is 114 Å². The van der Waals surface area contributed by atoms with E-state index in [2.05, 4.69) is 29.4 Å². The molecule has 2 rings (SSSR count). The van der Waals surface area contributed by atoms with E-state index in [9.17, 15) is 5.11 Å². The molecule has 0 heterocycles. The van der Waals surface area contributed by atoms with Crippen molar-refractivity contribution in [3.8, 4) is 0 Å². The van der Waals surface area contributed by atoms with Gasteiger partial charge in [-0.1, -0.05) is 36.4 Å². The van der Waals surface area contributed by atoms with Crippen molar-refractivity contribution < 1.29 is 5.11 Å². The van der Waals surface area contributed by atoms with E-state index in [1.165, 1.54) is 5.69 Å². The summed E-state index contributed by atoms with van der Waals surface area (Å²) in [5.74, 6) is 0. The van der Waals surface area contributed by atoms with Crippen LogP contribution in [0, 0.1) is 0 Å². The third-order valence-corrected chi connectivity index (χ3v) is 3.15. The maximum absolute atomic E-state index is 9.25. The average molecular weight is 256 g/mol. The molecule has 3 heteroatoms. The van der Waals surface area contributed by atoms with E-state index >= 15 is 0 Å². The van der Waals surface area contributed by atoms with Gasteiger partial charge >= 0.3 is 0 Å². The molecule has 0 saturated heterocycles. The van der Waals surface area contributed by atoms with Crippen LogP contribution in [0.3, 0.4) is 0 Å². The van der Waals surface area contributed by atoms with E-state index in [0.29, 0.717) is 0 Å². The second kappa shape index (κ2) is 6.81. The van der Waals surface area contributed by atoms with E-state index in [4.69, 9.17) is 0 Å². The van der Waals surface area contributed by atoms with Crippen LogP contribution in [0.5, 0.6) is 0 Å². The van der Waals surface area contributed by atoms with E-state index in [1.54, 1.807) is 0 Å². The molecule has 0 aliphatic heterocycles. The third kappa shape index (κ3) is 3.73. The Bertz CT molecular complexity index is 499. The number of nitrogens with one attached hydrogen (secondary N) is 1. The van der Waals surface area contributed by atoms with Gasteiger partial charge in [-0.15, -0.1) is 0 Å². The van der Waals surface area contributed by atoms with Crippen LogP contribution in [0.4, 0.5) is 11.4 Å². The van der Waals surface area contributed by atoms with Crippen molar-refractivity contribution in [3.63, 3.8) is 0 Å². The molecule has 0 fully saturated rings. The van der Waals surface area contributed by atoms with Gasteiger partial charge < -0.3 is 15.3 Å². The van der Waals surface area contributed by atoms with Crippen LogP contribution in [0.15, 0.2) is 54.6 Å². The Morgan fingerprint density at radius 2 is 1.68 bits per heavy atom. The molecule has 2 aromatic carbocycles. The van der Waals surface area contributed by atoms with E-state index in [0.717, 1.165) is 24.3 Å². The maximum atomic E-state index is 9.25. The molecule has 0 aliphatic carbocycles. The van der Waals surface area contributed by atoms with Crippen LogP contribution in [-0.4, -0.2) is 25.2 Å². The van der Waals surface area contributed by atoms with Crippen LogP contribution in [0.25, 0.3) is 0 Å². The van der Waals surface area contributed by atoms with Gasteiger partial charge in [-0.2, -0.15) is 0 Å². The predicted octanol–water partition coefficient (Wildman–Crippen LogP) is 2.73. The number of rotatable bonds is 6. The van der Waals surface area contributed by atoms with E-state index in [-0.39, 0.29) is 6.61 Å². The summed E-state index contributed by atoms with van der Waals surface area (Å²) in [4.78, 5) is 2.20. The summed E-state index contributed by atoms with van der Waals surface area (Å²) in [7, 11) is 2.08. The number of para-hydroxylation sites is 2. The molecule has 100 valence electrons. The fourth-order valence-corrected chi connectivity index (χ4v) is 2.00. The summed E-state index contributed by atoms with van der Waals surface area (Å²) >= 11 is 0. The molecule has 0 radical (unpaired) electrons. The molecule has 2 N–H and O–H groups in total. The minimum Gasteiger partial charge on any atom is -0.392 e. The van der Waals surface area contributed by atoms with Crippen LogP contribution in [0.1, 0.15) is 5.56 Å². The van der Waals surface area contributed by atoms with Crippen molar-refractivity contribution in [3.05, 3.63) is 60.2 Å². The first-order valence-corrected chi connectivity index (χ1v) is 6.50. The van der Waals surface area contributed by atoms with Crippen molar-refractivity contribution in [1.82, 2.24) is 0 Å². The molecular formula is C16H20N2O. The first kappa shape index (κ1) is 13.4. The maximum Gasteiger partial charge on any atom is 0.0701 e. The minimum atomic E-state index is 0.0672. The SMILES string of the molecule is CN(CCNc1ccccc1CO)c1ccccc1. The number of likely N-dealkylation sites (N-methyl/N-ethyl adjacent to an activating group) is 1. The summed E-state index contributed by atoms with van der Waals surface area (Å²) in [6, 6.07) is 18.1. The highest BCUT2D eigenvalue weighted by Gasteiger charge is 2.01. The van der Waals surface area contributed by atoms with E-state index in [1.807, 2.05) is 42.5 Å². The van der Waals surface area contributed by atoms with Gasteiger partial charge in [0.25, 0.3) is 0 Å². The zero-order valence-electron chi connectivity index (χ0n) is 11.2. The van der Waals surface area contributed by atoms with Gasteiger partial charge in [0.2, 0.25) is 0 Å². The molecular weight excluding hydrogens is 236 g/mol. The van der Waals surface area contributed by atoms with Gasteiger partial charge in [0.05, 0.1) is 6.61 Å². The molecule has 0 aliphatic rings. The fraction of sp³-hybridized carbons (Fsp3) is 0.250. The summed E-state index contributed by atoms with van der Waals surface area (Å²) in [6.07, 6.45) is 0. The van der Waals surface area contributed by atoms with Crippen molar-refractivity contribution in [1.29, 1.82) is 0 Å². The Hall–Kier alpha value is -2.00.